The lowest BCUT2D eigenvalue weighted by Crippen LogP contribution is -2.50. The number of halogens is 3. The summed E-state index contributed by atoms with van der Waals surface area (Å²) in [5.74, 6) is -6.53. The lowest BCUT2D eigenvalue weighted by molar-refractivity contribution is -0.139. The third-order valence-electron chi connectivity index (χ3n) is 3.00. The average molecular weight is 309 g/mol. The molecule has 9 heteroatoms. The number of nitrogens with zero attached hydrogens (tertiary/aromatic N) is 1. The van der Waals surface area contributed by atoms with Gasteiger partial charge in [0.2, 0.25) is 10.0 Å². The van der Waals surface area contributed by atoms with Crippen LogP contribution in [-0.2, 0) is 14.8 Å². The fraction of sp³-hybridized carbons (Fsp3) is 0.364. The van der Waals surface area contributed by atoms with E-state index in [0.717, 1.165) is 4.31 Å². The number of rotatable bonds is 4. The fourth-order valence-electron chi connectivity index (χ4n) is 1.94. The smallest absolute Gasteiger partial charge is 0.303 e. The molecule has 1 aliphatic rings. The minimum absolute atomic E-state index is 0.0902. The van der Waals surface area contributed by atoms with Crippen LogP contribution in [0.15, 0.2) is 17.0 Å². The standard InChI is InChI=1S/C11H10F3NO4S/c12-7-1-2-8(11(14)10(7)13)20(18,19)15-4-6(5-15)3-9(16)17/h1-2,6H,3-5H2,(H,16,17). The molecule has 0 spiro atoms. The van der Waals surface area contributed by atoms with E-state index in [9.17, 15) is 26.4 Å². The van der Waals surface area contributed by atoms with E-state index in [0.29, 0.717) is 12.1 Å². The Bertz CT molecular complexity index is 656. The first-order chi connectivity index (χ1) is 9.23. The van der Waals surface area contributed by atoms with Crippen LogP contribution in [0.1, 0.15) is 6.42 Å². The second-order valence-electron chi connectivity index (χ2n) is 4.46. The highest BCUT2D eigenvalue weighted by atomic mass is 32.2. The minimum Gasteiger partial charge on any atom is -0.481 e. The molecule has 0 aliphatic carbocycles. The van der Waals surface area contributed by atoms with E-state index in [1.165, 1.54) is 0 Å². The van der Waals surface area contributed by atoms with Crippen LogP contribution in [0, 0.1) is 23.4 Å². The topological polar surface area (TPSA) is 74.7 Å². The van der Waals surface area contributed by atoms with Crippen LogP contribution in [0.3, 0.4) is 0 Å². The third kappa shape index (κ3) is 2.50. The molecule has 0 saturated carbocycles. The maximum Gasteiger partial charge on any atom is 0.303 e. The molecule has 1 aromatic carbocycles. The van der Waals surface area contributed by atoms with Crippen LogP contribution in [0.4, 0.5) is 13.2 Å². The molecule has 1 N–H and O–H groups in total. The molecule has 110 valence electrons. The van der Waals surface area contributed by atoms with Crippen molar-refractivity contribution in [3.8, 4) is 0 Å². The van der Waals surface area contributed by atoms with Crippen molar-refractivity contribution in [3.63, 3.8) is 0 Å². The summed E-state index contributed by atoms with van der Waals surface area (Å²) in [6.07, 6.45) is -0.202. The first-order valence-electron chi connectivity index (χ1n) is 5.59. The molecule has 0 amide bonds. The molecule has 1 saturated heterocycles. The summed E-state index contributed by atoms with van der Waals surface area (Å²) in [4.78, 5) is 9.49. The quantitative estimate of drug-likeness (QED) is 0.848. The molecular formula is C11H10F3NO4S. The van der Waals surface area contributed by atoms with Crippen LogP contribution in [-0.4, -0.2) is 36.9 Å². The SMILES string of the molecule is O=C(O)CC1CN(S(=O)(=O)c2ccc(F)c(F)c2F)C1. The van der Waals surface area contributed by atoms with Crippen LogP contribution in [0.25, 0.3) is 0 Å². The number of hydrogen-bond acceptors (Lipinski definition) is 3. The zero-order valence-electron chi connectivity index (χ0n) is 10.0. The number of carbonyl (C=O) groups is 1. The van der Waals surface area contributed by atoms with E-state index in [2.05, 4.69) is 0 Å². The number of carboxylic acids is 1. The molecule has 0 aromatic heterocycles. The molecule has 20 heavy (non-hydrogen) atoms. The summed E-state index contributed by atoms with van der Waals surface area (Å²) < 4.78 is 64.1. The van der Waals surface area contributed by atoms with Crippen molar-refractivity contribution in [2.75, 3.05) is 13.1 Å². The number of carboxylic acid groups (broad SMARTS) is 1. The Morgan fingerprint density at radius 3 is 2.40 bits per heavy atom. The van der Waals surface area contributed by atoms with Gasteiger partial charge in [0, 0.05) is 13.1 Å². The number of hydrogen-bond donors (Lipinski definition) is 1. The predicted molar refractivity (Wildman–Crippen MR) is 60.8 cm³/mol. The summed E-state index contributed by atoms with van der Waals surface area (Å²) in [5, 5.41) is 8.55. The van der Waals surface area contributed by atoms with Crippen LogP contribution in [0.2, 0.25) is 0 Å². The summed E-state index contributed by atoms with van der Waals surface area (Å²) in [6.45, 7) is -0.180. The van der Waals surface area contributed by atoms with Crippen molar-refractivity contribution in [3.05, 3.63) is 29.6 Å². The van der Waals surface area contributed by atoms with Crippen LogP contribution in [0.5, 0.6) is 0 Å². The second kappa shape index (κ2) is 5.06. The van der Waals surface area contributed by atoms with Gasteiger partial charge in [-0.3, -0.25) is 4.79 Å². The van der Waals surface area contributed by atoms with Gasteiger partial charge >= 0.3 is 5.97 Å². The Morgan fingerprint density at radius 1 is 1.25 bits per heavy atom. The van der Waals surface area contributed by atoms with Crippen molar-refractivity contribution in [2.24, 2.45) is 5.92 Å². The van der Waals surface area contributed by atoms with E-state index >= 15 is 0 Å². The monoisotopic (exact) mass is 309 g/mol. The van der Waals surface area contributed by atoms with Gasteiger partial charge in [-0.1, -0.05) is 0 Å². The Hall–Kier alpha value is -1.61. The maximum atomic E-state index is 13.5. The van der Waals surface area contributed by atoms with Gasteiger partial charge < -0.3 is 5.11 Å². The van der Waals surface area contributed by atoms with Crippen molar-refractivity contribution >= 4 is 16.0 Å². The van der Waals surface area contributed by atoms with Gasteiger partial charge in [-0.05, 0) is 18.1 Å². The summed E-state index contributed by atoms with van der Waals surface area (Å²) in [7, 11) is -4.28. The molecule has 2 rings (SSSR count). The van der Waals surface area contributed by atoms with Gasteiger partial charge in [-0.2, -0.15) is 4.31 Å². The Morgan fingerprint density at radius 2 is 1.85 bits per heavy atom. The van der Waals surface area contributed by atoms with Gasteiger partial charge in [0.1, 0.15) is 4.90 Å². The fourth-order valence-corrected chi connectivity index (χ4v) is 3.59. The van der Waals surface area contributed by atoms with Gasteiger partial charge in [-0.15, -0.1) is 0 Å². The molecule has 1 aromatic rings. The van der Waals surface area contributed by atoms with E-state index in [-0.39, 0.29) is 25.4 Å². The Labute approximate surface area is 112 Å². The normalized spacial score (nSPS) is 16.9. The highest BCUT2D eigenvalue weighted by molar-refractivity contribution is 7.89. The summed E-state index contributed by atoms with van der Waals surface area (Å²) in [6, 6.07) is 1.17. The van der Waals surface area contributed by atoms with Gasteiger partial charge in [0.15, 0.2) is 17.5 Å². The lowest BCUT2D eigenvalue weighted by Gasteiger charge is -2.37. The van der Waals surface area contributed by atoms with E-state index in [4.69, 9.17) is 5.11 Å². The predicted octanol–water partition coefficient (Wildman–Crippen LogP) is 1.20. The number of aliphatic carboxylic acids is 1. The van der Waals surface area contributed by atoms with E-state index < -0.39 is 38.3 Å². The largest absolute Gasteiger partial charge is 0.481 e. The highest BCUT2D eigenvalue weighted by Gasteiger charge is 2.39. The first-order valence-corrected chi connectivity index (χ1v) is 7.03. The minimum atomic E-state index is -4.28. The molecule has 1 fully saturated rings. The van der Waals surface area contributed by atoms with Crippen molar-refractivity contribution < 1.29 is 31.5 Å². The zero-order chi connectivity index (χ0) is 15.1. The van der Waals surface area contributed by atoms with Crippen LogP contribution >= 0.6 is 0 Å². The molecule has 0 atom stereocenters. The van der Waals surface area contributed by atoms with Gasteiger partial charge in [0.05, 0.1) is 6.42 Å². The maximum absolute atomic E-state index is 13.5. The number of benzene rings is 1. The van der Waals surface area contributed by atoms with E-state index in [1.54, 1.807) is 0 Å². The Balaban J connectivity index is 2.21. The molecule has 5 nitrogen and oxygen atoms in total. The average Bonchev–Trinajstić information content (AvgIpc) is 2.29. The van der Waals surface area contributed by atoms with Crippen molar-refractivity contribution in [1.82, 2.24) is 4.31 Å². The first kappa shape index (κ1) is 14.8. The lowest BCUT2D eigenvalue weighted by atomic mass is 10.00. The molecular weight excluding hydrogens is 299 g/mol. The summed E-state index contributed by atoms with van der Waals surface area (Å²) in [5.41, 5.74) is 0. The Kier molecular flexibility index (Phi) is 3.74. The van der Waals surface area contributed by atoms with Crippen molar-refractivity contribution in [1.29, 1.82) is 0 Å². The van der Waals surface area contributed by atoms with Gasteiger partial charge in [-0.25, -0.2) is 21.6 Å². The highest BCUT2D eigenvalue weighted by Crippen LogP contribution is 2.29. The number of sulfonamides is 1. The third-order valence-corrected chi connectivity index (χ3v) is 4.85. The molecule has 0 radical (unpaired) electrons. The molecule has 0 unspecified atom stereocenters. The van der Waals surface area contributed by atoms with E-state index in [1.807, 2.05) is 0 Å². The summed E-state index contributed by atoms with van der Waals surface area (Å²) >= 11 is 0. The second-order valence-corrected chi connectivity index (χ2v) is 6.37. The van der Waals surface area contributed by atoms with Gasteiger partial charge in [0.25, 0.3) is 0 Å². The van der Waals surface area contributed by atoms with Crippen LogP contribution < -0.4 is 0 Å². The molecule has 1 heterocycles. The molecule has 0 bridgehead atoms. The van der Waals surface area contributed by atoms with Crippen molar-refractivity contribution in [2.45, 2.75) is 11.3 Å². The molecule has 1 aliphatic heterocycles. The zero-order valence-corrected chi connectivity index (χ0v) is 10.8.